The SMILES string of the molecule is CC(=O)OC[C@H]1O[C@H](O)[C@H](NC(=O)c2ccccc2)[C@@H](OC(C)=O)[C@@H]1OC(C)=O. The highest BCUT2D eigenvalue weighted by molar-refractivity contribution is 5.94. The van der Waals surface area contributed by atoms with Crippen LogP contribution in [0.2, 0.25) is 0 Å². The van der Waals surface area contributed by atoms with Gasteiger partial charge in [0.15, 0.2) is 18.5 Å². The molecule has 2 rings (SSSR count). The van der Waals surface area contributed by atoms with E-state index in [1.807, 2.05) is 0 Å². The third-order valence-electron chi connectivity index (χ3n) is 4.05. The van der Waals surface area contributed by atoms with E-state index in [9.17, 15) is 24.3 Å². The highest BCUT2D eigenvalue weighted by atomic mass is 16.7. The van der Waals surface area contributed by atoms with Crippen molar-refractivity contribution in [3.8, 4) is 0 Å². The summed E-state index contributed by atoms with van der Waals surface area (Å²) in [7, 11) is 0. The van der Waals surface area contributed by atoms with Gasteiger partial charge in [0.05, 0.1) is 0 Å². The monoisotopic (exact) mass is 409 g/mol. The molecule has 0 aliphatic carbocycles. The fraction of sp³-hybridized carbons (Fsp3) is 0.474. The zero-order valence-corrected chi connectivity index (χ0v) is 16.2. The number of benzene rings is 1. The van der Waals surface area contributed by atoms with Gasteiger partial charge in [-0.15, -0.1) is 0 Å². The van der Waals surface area contributed by atoms with Crippen LogP contribution in [-0.4, -0.2) is 66.2 Å². The number of hydrogen-bond donors (Lipinski definition) is 2. The van der Waals surface area contributed by atoms with Gasteiger partial charge >= 0.3 is 17.9 Å². The highest BCUT2D eigenvalue weighted by Gasteiger charge is 2.50. The maximum Gasteiger partial charge on any atom is 0.303 e. The molecule has 1 aliphatic heterocycles. The van der Waals surface area contributed by atoms with E-state index in [0.29, 0.717) is 5.56 Å². The summed E-state index contributed by atoms with van der Waals surface area (Å²) < 4.78 is 20.8. The van der Waals surface area contributed by atoms with E-state index in [1.54, 1.807) is 30.3 Å². The van der Waals surface area contributed by atoms with Crippen molar-refractivity contribution in [1.82, 2.24) is 5.32 Å². The lowest BCUT2D eigenvalue weighted by atomic mass is 9.96. The van der Waals surface area contributed by atoms with Crippen LogP contribution < -0.4 is 5.32 Å². The molecule has 1 fully saturated rings. The van der Waals surface area contributed by atoms with Crippen molar-refractivity contribution in [1.29, 1.82) is 0 Å². The Hall–Kier alpha value is -2.98. The summed E-state index contributed by atoms with van der Waals surface area (Å²) in [6.45, 7) is 3.08. The minimum atomic E-state index is -1.63. The third kappa shape index (κ3) is 6.26. The zero-order chi connectivity index (χ0) is 21.6. The minimum Gasteiger partial charge on any atom is -0.463 e. The van der Waals surface area contributed by atoms with Crippen LogP contribution >= 0.6 is 0 Å². The molecular formula is C19H23NO9. The van der Waals surface area contributed by atoms with Crippen LogP contribution in [-0.2, 0) is 33.3 Å². The molecule has 1 aromatic rings. The Morgan fingerprint density at radius 3 is 2.10 bits per heavy atom. The third-order valence-corrected chi connectivity index (χ3v) is 4.05. The summed E-state index contributed by atoms with van der Waals surface area (Å²) in [5, 5.41) is 13.0. The highest BCUT2D eigenvalue weighted by Crippen LogP contribution is 2.26. The number of rotatable bonds is 6. The second-order valence-electron chi connectivity index (χ2n) is 6.38. The molecule has 0 aromatic heterocycles. The summed E-state index contributed by atoms with van der Waals surface area (Å²) in [5.41, 5.74) is 0.298. The number of aliphatic hydroxyl groups is 1. The Bertz CT molecular complexity index is 751. The number of esters is 3. The molecule has 158 valence electrons. The number of ether oxygens (including phenoxy) is 4. The number of nitrogens with one attached hydrogen (secondary N) is 1. The maximum absolute atomic E-state index is 12.5. The summed E-state index contributed by atoms with van der Waals surface area (Å²) in [6.07, 6.45) is -5.26. The number of hydrogen-bond acceptors (Lipinski definition) is 9. The largest absolute Gasteiger partial charge is 0.463 e. The normalized spacial score (nSPS) is 26.1. The second-order valence-corrected chi connectivity index (χ2v) is 6.38. The van der Waals surface area contributed by atoms with E-state index in [1.165, 1.54) is 6.92 Å². The molecule has 2 N–H and O–H groups in total. The van der Waals surface area contributed by atoms with Crippen molar-refractivity contribution in [2.45, 2.75) is 51.4 Å². The van der Waals surface area contributed by atoms with Crippen LogP contribution in [0, 0.1) is 0 Å². The van der Waals surface area contributed by atoms with E-state index in [-0.39, 0.29) is 6.61 Å². The van der Waals surface area contributed by atoms with E-state index < -0.39 is 54.5 Å². The molecule has 10 heteroatoms. The van der Waals surface area contributed by atoms with Crippen LogP contribution in [0.1, 0.15) is 31.1 Å². The first-order valence-corrected chi connectivity index (χ1v) is 8.86. The molecule has 1 amide bonds. The summed E-state index contributed by atoms with van der Waals surface area (Å²) in [6, 6.07) is 6.91. The van der Waals surface area contributed by atoms with Crippen molar-refractivity contribution in [2.24, 2.45) is 0 Å². The second kappa shape index (κ2) is 9.99. The predicted molar refractivity (Wildman–Crippen MR) is 96.3 cm³/mol. The van der Waals surface area contributed by atoms with Gasteiger partial charge in [-0.25, -0.2) is 0 Å². The molecule has 0 radical (unpaired) electrons. The van der Waals surface area contributed by atoms with Gasteiger partial charge in [-0.2, -0.15) is 0 Å². The molecular weight excluding hydrogens is 386 g/mol. The Kier molecular flexibility index (Phi) is 7.68. The minimum absolute atomic E-state index is 0.298. The lowest BCUT2D eigenvalue weighted by Crippen LogP contribution is -2.66. The number of aliphatic hydroxyl groups excluding tert-OH is 1. The van der Waals surface area contributed by atoms with Crippen molar-refractivity contribution >= 4 is 23.8 Å². The lowest BCUT2D eigenvalue weighted by Gasteiger charge is -2.43. The quantitative estimate of drug-likeness (QED) is 0.488. The Morgan fingerprint density at radius 2 is 1.55 bits per heavy atom. The van der Waals surface area contributed by atoms with Crippen LogP contribution in [0.5, 0.6) is 0 Å². The Morgan fingerprint density at radius 1 is 0.966 bits per heavy atom. The average Bonchev–Trinajstić information content (AvgIpc) is 2.65. The van der Waals surface area contributed by atoms with Crippen molar-refractivity contribution in [3.05, 3.63) is 35.9 Å². The molecule has 1 aliphatic rings. The van der Waals surface area contributed by atoms with Crippen LogP contribution in [0.25, 0.3) is 0 Å². The van der Waals surface area contributed by atoms with Crippen LogP contribution in [0.15, 0.2) is 30.3 Å². The van der Waals surface area contributed by atoms with Gasteiger partial charge in [-0.1, -0.05) is 18.2 Å². The molecule has 1 heterocycles. The zero-order valence-electron chi connectivity index (χ0n) is 16.2. The van der Waals surface area contributed by atoms with Crippen LogP contribution in [0.4, 0.5) is 0 Å². The van der Waals surface area contributed by atoms with Crippen molar-refractivity contribution < 1.29 is 43.2 Å². The van der Waals surface area contributed by atoms with Gasteiger partial charge in [0.2, 0.25) is 0 Å². The number of carbonyl (C=O) groups excluding carboxylic acids is 4. The standard InChI is InChI=1S/C19H23NO9/c1-10(21)26-9-14-16(27-11(2)22)17(28-12(3)23)15(19(25)29-14)20-18(24)13-7-5-4-6-8-13/h4-8,14-17,19,25H,9H2,1-3H3,(H,20,24)/t14-,15-,16-,17-,19+/m1/s1. The van der Waals surface area contributed by atoms with Gasteiger partial charge in [0.25, 0.3) is 5.91 Å². The summed E-state index contributed by atoms with van der Waals surface area (Å²) in [5.74, 6) is -2.62. The van der Waals surface area contributed by atoms with Gasteiger partial charge in [0.1, 0.15) is 18.8 Å². The van der Waals surface area contributed by atoms with Gasteiger partial charge in [-0.3, -0.25) is 19.2 Å². The summed E-state index contributed by atoms with van der Waals surface area (Å²) in [4.78, 5) is 46.9. The molecule has 0 unspecified atom stereocenters. The molecule has 29 heavy (non-hydrogen) atoms. The molecule has 0 saturated carbocycles. The number of amides is 1. The number of carbonyl (C=O) groups is 4. The topological polar surface area (TPSA) is 137 Å². The first kappa shape index (κ1) is 22.3. The molecule has 1 aromatic carbocycles. The maximum atomic E-state index is 12.5. The first-order valence-electron chi connectivity index (χ1n) is 8.86. The van der Waals surface area contributed by atoms with E-state index in [2.05, 4.69) is 5.32 Å². The molecule has 5 atom stereocenters. The van der Waals surface area contributed by atoms with Gasteiger partial charge in [0, 0.05) is 26.3 Å². The fourth-order valence-electron chi connectivity index (χ4n) is 2.90. The lowest BCUT2D eigenvalue weighted by molar-refractivity contribution is -0.263. The molecule has 10 nitrogen and oxygen atoms in total. The van der Waals surface area contributed by atoms with Gasteiger partial charge < -0.3 is 29.4 Å². The molecule has 1 saturated heterocycles. The predicted octanol–water partition coefficient (Wildman–Crippen LogP) is -0.0713. The first-order chi connectivity index (χ1) is 13.7. The Balaban J connectivity index is 2.30. The van der Waals surface area contributed by atoms with Crippen LogP contribution in [0.3, 0.4) is 0 Å². The van der Waals surface area contributed by atoms with E-state index in [4.69, 9.17) is 18.9 Å². The molecule has 0 spiro atoms. The average molecular weight is 409 g/mol. The van der Waals surface area contributed by atoms with Crippen molar-refractivity contribution in [2.75, 3.05) is 6.61 Å². The fourth-order valence-corrected chi connectivity index (χ4v) is 2.90. The molecule has 0 bridgehead atoms. The summed E-state index contributed by atoms with van der Waals surface area (Å²) >= 11 is 0. The van der Waals surface area contributed by atoms with E-state index in [0.717, 1.165) is 13.8 Å². The van der Waals surface area contributed by atoms with Gasteiger partial charge in [-0.05, 0) is 12.1 Å². The smallest absolute Gasteiger partial charge is 0.303 e. The Labute approximate surface area is 167 Å². The van der Waals surface area contributed by atoms with Crippen molar-refractivity contribution in [3.63, 3.8) is 0 Å². The van der Waals surface area contributed by atoms with E-state index >= 15 is 0 Å².